The number of hydrogen-bond donors (Lipinski definition) is 1. The van der Waals surface area contributed by atoms with Crippen LogP contribution in [0.5, 0.6) is 0 Å². The molecular weight excluding hydrogens is 372 g/mol. The van der Waals surface area contributed by atoms with Crippen LogP contribution in [-0.4, -0.2) is 33.9 Å². The van der Waals surface area contributed by atoms with E-state index in [2.05, 4.69) is 4.72 Å². The van der Waals surface area contributed by atoms with Gasteiger partial charge >= 0.3 is 0 Å². The first-order valence-corrected chi connectivity index (χ1v) is 11.6. The van der Waals surface area contributed by atoms with Crippen LogP contribution < -0.4 is 4.72 Å². The van der Waals surface area contributed by atoms with Crippen LogP contribution in [-0.2, 0) is 33.0 Å². The van der Waals surface area contributed by atoms with Gasteiger partial charge in [0.15, 0.2) is 0 Å². The van der Waals surface area contributed by atoms with Gasteiger partial charge in [-0.15, -0.1) is 0 Å². The smallest absolute Gasteiger partial charge is 0.262 e. The average Bonchev–Trinajstić information content (AvgIpc) is 2.55. The van der Waals surface area contributed by atoms with Crippen LogP contribution in [0.2, 0.25) is 0 Å². The zero-order chi connectivity index (χ0) is 19.1. The molecule has 1 heterocycles. The number of benzene rings is 2. The third-order valence-corrected chi connectivity index (χ3v) is 7.31. The minimum atomic E-state index is -3.72. The van der Waals surface area contributed by atoms with Gasteiger partial charge in [0.2, 0.25) is 10.0 Å². The van der Waals surface area contributed by atoms with Crippen LogP contribution in [0, 0.1) is 13.8 Å². The minimum Gasteiger partial charge on any atom is -0.280 e. The molecule has 0 spiro atoms. The van der Waals surface area contributed by atoms with E-state index in [1.807, 2.05) is 19.1 Å². The molecule has 0 unspecified atom stereocenters. The zero-order valence-corrected chi connectivity index (χ0v) is 16.6. The minimum absolute atomic E-state index is 0.244. The zero-order valence-electron chi connectivity index (χ0n) is 15.0. The van der Waals surface area contributed by atoms with E-state index in [0.717, 1.165) is 16.7 Å². The summed E-state index contributed by atoms with van der Waals surface area (Å²) in [5.74, 6) is 0. The molecule has 1 aliphatic heterocycles. The number of hydrogen-bond acceptors (Lipinski definition) is 4. The van der Waals surface area contributed by atoms with E-state index in [9.17, 15) is 16.8 Å². The summed E-state index contributed by atoms with van der Waals surface area (Å²) in [4.78, 5) is 0.244. The van der Waals surface area contributed by atoms with E-state index in [0.29, 0.717) is 24.2 Å². The lowest BCUT2D eigenvalue weighted by Crippen LogP contribution is -2.35. The van der Waals surface area contributed by atoms with Gasteiger partial charge in [-0.2, -0.15) is 4.31 Å². The van der Waals surface area contributed by atoms with Gasteiger partial charge in [0, 0.05) is 18.8 Å². The number of sulfonamides is 2. The molecule has 0 aliphatic carbocycles. The van der Waals surface area contributed by atoms with Gasteiger partial charge in [0.1, 0.15) is 0 Å². The molecule has 0 saturated carbocycles. The first-order chi connectivity index (χ1) is 12.1. The molecule has 2 aromatic carbocycles. The Bertz CT molecular complexity index is 1060. The molecule has 3 rings (SSSR count). The first-order valence-electron chi connectivity index (χ1n) is 8.23. The van der Waals surface area contributed by atoms with Crippen molar-refractivity contribution >= 4 is 25.7 Å². The fourth-order valence-electron chi connectivity index (χ4n) is 3.08. The molecule has 2 aromatic rings. The van der Waals surface area contributed by atoms with Crippen molar-refractivity contribution in [2.75, 3.05) is 17.5 Å². The van der Waals surface area contributed by atoms with Gasteiger partial charge in [0.25, 0.3) is 10.0 Å². The lowest BCUT2D eigenvalue weighted by Gasteiger charge is -2.27. The second kappa shape index (κ2) is 6.68. The Labute approximate surface area is 155 Å². The molecular formula is C18H22N2O4S2. The van der Waals surface area contributed by atoms with E-state index in [4.69, 9.17) is 0 Å². The van der Waals surface area contributed by atoms with Crippen molar-refractivity contribution in [3.63, 3.8) is 0 Å². The van der Waals surface area contributed by atoms with E-state index in [1.165, 1.54) is 10.6 Å². The highest BCUT2D eigenvalue weighted by molar-refractivity contribution is 7.92. The number of nitrogens with one attached hydrogen (secondary N) is 1. The first kappa shape index (κ1) is 18.9. The summed E-state index contributed by atoms with van der Waals surface area (Å²) in [6.45, 7) is 4.30. The van der Waals surface area contributed by atoms with Crippen molar-refractivity contribution in [2.24, 2.45) is 0 Å². The topological polar surface area (TPSA) is 83.6 Å². The SMILES string of the molecule is Cc1ccc(C)c(S(=O)(=O)Nc2ccc3c(c2)CN(S(C)(=O)=O)CC3)c1. The Balaban J connectivity index is 1.91. The quantitative estimate of drug-likeness (QED) is 0.863. The van der Waals surface area contributed by atoms with Crippen LogP contribution in [0.1, 0.15) is 22.3 Å². The van der Waals surface area contributed by atoms with Crippen molar-refractivity contribution < 1.29 is 16.8 Å². The van der Waals surface area contributed by atoms with Crippen LogP contribution in [0.25, 0.3) is 0 Å². The number of anilines is 1. The molecule has 0 saturated heterocycles. The molecule has 140 valence electrons. The van der Waals surface area contributed by atoms with Gasteiger partial charge in [-0.05, 0) is 60.7 Å². The summed E-state index contributed by atoms with van der Waals surface area (Å²) in [6.07, 6.45) is 1.80. The lowest BCUT2D eigenvalue weighted by molar-refractivity contribution is 0.395. The Morgan fingerprint density at radius 3 is 2.38 bits per heavy atom. The second-order valence-electron chi connectivity index (χ2n) is 6.70. The standard InChI is InChI=1S/C18H22N2O4S2/c1-13-4-5-14(2)18(10-13)26(23,24)19-17-7-6-15-8-9-20(25(3,21)22)12-16(15)11-17/h4-7,10-11,19H,8-9,12H2,1-3H3. The van der Waals surface area contributed by atoms with E-state index >= 15 is 0 Å². The fraction of sp³-hybridized carbons (Fsp3) is 0.333. The maximum absolute atomic E-state index is 12.7. The largest absolute Gasteiger partial charge is 0.280 e. The normalized spacial score (nSPS) is 15.5. The van der Waals surface area contributed by atoms with Crippen molar-refractivity contribution in [3.8, 4) is 0 Å². The van der Waals surface area contributed by atoms with Gasteiger partial charge < -0.3 is 0 Å². The van der Waals surface area contributed by atoms with Crippen LogP contribution in [0.3, 0.4) is 0 Å². The maximum atomic E-state index is 12.7. The summed E-state index contributed by atoms with van der Waals surface area (Å²) in [5, 5.41) is 0. The summed E-state index contributed by atoms with van der Waals surface area (Å²) in [7, 11) is -6.99. The molecule has 8 heteroatoms. The summed E-state index contributed by atoms with van der Waals surface area (Å²) >= 11 is 0. The molecule has 1 aliphatic rings. The molecule has 1 N–H and O–H groups in total. The number of fused-ring (bicyclic) bond motifs is 1. The average molecular weight is 395 g/mol. The van der Waals surface area contributed by atoms with Crippen molar-refractivity contribution in [3.05, 3.63) is 58.7 Å². The van der Waals surface area contributed by atoms with Crippen molar-refractivity contribution in [1.29, 1.82) is 0 Å². The summed E-state index contributed by atoms with van der Waals surface area (Å²) in [5.41, 5.74) is 3.83. The van der Waals surface area contributed by atoms with E-state index in [1.54, 1.807) is 31.2 Å². The predicted octanol–water partition coefficient (Wildman–Crippen LogP) is 2.42. The van der Waals surface area contributed by atoms with E-state index < -0.39 is 20.0 Å². The third kappa shape index (κ3) is 3.92. The highest BCUT2D eigenvalue weighted by Gasteiger charge is 2.24. The maximum Gasteiger partial charge on any atom is 0.262 e. The third-order valence-electron chi connectivity index (χ3n) is 4.54. The number of rotatable bonds is 4. The molecule has 0 bridgehead atoms. The molecule has 0 amide bonds. The summed E-state index contributed by atoms with van der Waals surface area (Å²) in [6, 6.07) is 10.6. The van der Waals surface area contributed by atoms with Gasteiger partial charge in [0.05, 0.1) is 11.2 Å². The van der Waals surface area contributed by atoms with Crippen LogP contribution in [0.4, 0.5) is 5.69 Å². The Hall–Kier alpha value is -1.90. The molecule has 0 fully saturated rings. The molecule has 6 nitrogen and oxygen atoms in total. The van der Waals surface area contributed by atoms with Gasteiger partial charge in [-0.3, -0.25) is 4.72 Å². The van der Waals surface area contributed by atoms with Crippen molar-refractivity contribution in [1.82, 2.24) is 4.31 Å². The fourth-order valence-corrected chi connectivity index (χ4v) is 5.26. The van der Waals surface area contributed by atoms with E-state index in [-0.39, 0.29) is 11.4 Å². The van der Waals surface area contributed by atoms with Crippen LogP contribution >= 0.6 is 0 Å². The number of aryl methyl sites for hydroxylation is 2. The Morgan fingerprint density at radius 1 is 0.962 bits per heavy atom. The van der Waals surface area contributed by atoms with Gasteiger partial charge in [-0.1, -0.05) is 18.2 Å². The summed E-state index contributed by atoms with van der Waals surface area (Å²) < 4.78 is 53.1. The monoisotopic (exact) mass is 394 g/mol. The Kier molecular flexibility index (Phi) is 4.85. The lowest BCUT2D eigenvalue weighted by atomic mass is 10.0. The highest BCUT2D eigenvalue weighted by Crippen LogP contribution is 2.26. The molecule has 0 radical (unpaired) electrons. The molecule has 0 aromatic heterocycles. The van der Waals surface area contributed by atoms with Gasteiger partial charge in [-0.25, -0.2) is 16.8 Å². The number of nitrogens with zero attached hydrogens (tertiary/aromatic N) is 1. The predicted molar refractivity (Wildman–Crippen MR) is 102 cm³/mol. The molecule has 0 atom stereocenters. The second-order valence-corrected chi connectivity index (χ2v) is 10.3. The Morgan fingerprint density at radius 2 is 1.69 bits per heavy atom. The van der Waals surface area contributed by atoms with Crippen molar-refractivity contribution in [2.45, 2.75) is 31.7 Å². The van der Waals surface area contributed by atoms with Crippen LogP contribution in [0.15, 0.2) is 41.3 Å². The molecule has 26 heavy (non-hydrogen) atoms. The highest BCUT2D eigenvalue weighted by atomic mass is 32.2.